The maximum absolute atomic E-state index is 7.05. The zero-order chi connectivity index (χ0) is 56.9. The van der Waals surface area contributed by atoms with Crippen molar-refractivity contribution in [2.45, 2.75) is 57.8 Å². The van der Waals surface area contributed by atoms with Gasteiger partial charge in [0, 0.05) is 77.9 Å². The second kappa shape index (κ2) is 19.5. The molecule has 3 aliphatic heterocycles. The average Bonchev–Trinajstić information content (AvgIpc) is 3.69. The van der Waals surface area contributed by atoms with Gasteiger partial charge >= 0.3 is 0 Å². The minimum atomic E-state index is -0.318. The van der Waals surface area contributed by atoms with Crippen molar-refractivity contribution in [2.24, 2.45) is 0 Å². The highest BCUT2D eigenvalue weighted by Gasteiger charge is 2.39. The Labute approximate surface area is 492 Å². The van der Waals surface area contributed by atoms with Crippen molar-refractivity contribution in [1.29, 1.82) is 0 Å². The van der Waals surface area contributed by atoms with Crippen LogP contribution in [-0.2, 0) is 16.2 Å². The molecule has 0 unspecified atom stereocenters. The summed E-state index contributed by atoms with van der Waals surface area (Å²) in [4.78, 5) is 4.68. The van der Waals surface area contributed by atoms with E-state index in [-0.39, 0.29) is 16.2 Å². The third-order valence-corrected chi connectivity index (χ3v) is 18.1. The molecule has 3 heterocycles. The Morgan fingerprint density at radius 1 is 0.250 bits per heavy atom. The molecule has 84 heavy (non-hydrogen) atoms. The highest BCUT2D eigenvalue weighted by Crippen LogP contribution is 2.57. The van der Waals surface area contributed by atoms with Crippen LogP contribution in [0.3, 0.4) is 0 Å². The molecular formula is C79H62N2O3. The molecule has 15 rings (SSSR count). The monoisotopic (exact) mass is 1090 g/mol. The van der Waals surface area contributed by atoms with Gasteiger partial charge in [0.2, 0.25) is 0 Å². The molecule has 0 saturated heterocycles. The highest BCUT2D eigenvalue weighted by molar-refractivity contribution is 5.97. The summed E-state index contributed by atoms with van der Waals surface area (Å²) in [5, 5.41) is 2.49. The number of anilines is 6. The van der Waals surface area contributed by atoms with Gasteiger partial charge in [0.05, 0.1) is 11.4 Å². The van der Waals surface area contributed by atoms with E-state index in [4.69, 9.17) is 14.2 Å². The van der Waals surface area contributed by atoms with E-state index in [1.54, 1.807) is 0 Å². The first-order chi connectivity index (χ1) is 40.9. The quantitative estimate of drug-likeness (QED) is 0.144. The molecule has 3 aliphatic rings. The van der Waals surface area contributed by atoms with E-state index >= 15 is 0 Å². The van der Waals surface area contributed by atoms with Crippen LogP contribution < -0.4 is 24.0 Å². The van der Waals surface area contributed by atoms with Crippen molar-refractivity contribution in [2.75, 3.05) is 9.80 Å². The van der Waals surface area contributed by atoms with Crippen molar-refractivity contribution in [3.63, 3.8) is 0 Å². The molecule has 0 bridgehead atoms. The minimum Gasteiger partial charge on any atom is -0.456 e. The Balaban J connectivity index is 0.844. The Kier molecular flexibility index (Phi) is 11.8. The number of para-hydroxylation sites is 6. The van der Waals surface area contributed by atoms with Crippen LogP contribution in [0.2, 0.25) is 0 Å². The Bertz CT molecular complexity index is 4530. The third-order valence-electron chi connectivity index (χ3n) is 18.1. The van der Waals surface area contributed by atoms with Crippen LogP contribution in [-0.4, -0.2) is 0 Å². The van der Waals surface area contributed by atoms with E-state index in [9.17, 15) is 0 Å². The molecule has 12 aromatic carbocycles. The predicted molar refractivity (Wildman–Crippen MR) is 346 cm³/mol. The molecule has 0 radical (unpaired) electrons. The lowest BCUT2D eigenvalue weighted by Crippen LogP contribution is -2.25. The summed E-state index contributed by atoms with van der Waals surface area (Å²) in [7, 11) is 0. The number of benzene rings is 12. The molecule has 0 fully saturated rings. The lowest BCUT2D eigenvalue weighted by molar-refractivity contribution is 0.419. The summed E-state index contributed by atoms with van der Waals surface area (Å²) >= 11 is 0. The van der Waals surface area contributed by atoms with E-state index in [0.717, 1.165) is 108 Å². The van der Waals surface area contributed by atoms with Crippen LogP contribution in [0.5, 0.6) is 34.5 Å². The summed E-state index contributed by atoms with van der Waals surface area (Å²) in [6.07, 6.45) is 0. The fourth-order valence-corrected chi connectivity index (χ4v) is 13.5. The Hall–Kier alpha value is -10.1. The smallest absolute Gasteiger partial charge is 0.155 e. The van der Waals surface area contributed by atoms with Gasteiger partial charge in [-0.15, -0.1) is 0 Å². The first kappa shape index (κ1) is 50.8. The minimum absolute atomic E-state index is 0.234. The van der Waals surface area contributed by atoms with Crippen LogP contribution in [0.15, 0.2) is 267 Å². The number of fused-ring (bicyclic) bond motifs is 7. The first-order valence-corrected chi connectivity index (χ1v) is 29.1. The van der Waals surface area contributed by atoms with Crippen LogP contribution in [0, 0.1) is 0 Å². The maximum Gasteiger partial charge on any atom is 0.155 e. The van der Waals surface area contributed by atoms with Gasteiger partial charge in [-0.1, -0.05) is 230 Å². The van der Waals surface area contributed by atoms with Gasteiger partial charge in [0.25, 0.3) is 0 Å². The van der Waals surface area contributed by atoms with Crippen LogP contribution in [0.4, 0.5) is 34.1 Å². The molecule has 0 aliphatic carbocycles. The van der Waals surface area contributed by atoms with Gasteiger partial charge in [-0.3, -0.25) is 0 Å². The number of ether oxygens (including phenoxy) is 3. The van der Waals surface area contributed by atoms with Gasteiger partial charge in [0.15, 0.2) is 11.5 Å². The molecule has 406 valence electrons. The molecule has 5 heteroatoms. The summed E-state index contributed by atoms with van der Waals surface area (Å²) in [6, 6.07) is 95.8. The maximum atomic E-state index is 7.05. The SMILES string of the molecule is CC1(C)c2ccccc2Oc2c(-c3ccc(N(c4ccc(N(c5ccc(-c6ccc(-c7cccc8ccccc78)cc6)cc5)c5cccc6c5Oc5ccccc5C6(C)C)cc4)c4cccc5c4Oc4ccccc4C5(C)C)cc3)cccc21. The molecule has 0 spiro atoms. The van der Waals surface area contributed by atoms with Gasteiger partial charge < -0.3 is 24.0 Å². The van der Waals surface area contributed by atoms with E-state index in [1.807, 2.05) is 0 Å². The molecule has 0 amide bonds. The lowest BCUT2D eigenvalue weighted by atomic mass is 9.75. The highest BCUT2D eigenvalue weighted by atomic mass is 16.5. The van der Waals surface area contributed by atoms with Crippen molar-refractivity contribution in [3.05, 3.63) is 300 Å². The Morgan fingerprint density at radius 2 is 0.560 bits per heavy atom. The van der Waals surface area contributed by atoms with Gasteiger partial charge in [-0.05, 0) is 117 Å². The standard InChI is InChI=1S/C79H62N2O3/c1-77(2)63-24-9-12-32-71(63)82-74-62(23-16-27-66(74)77)55-41-45-57(46-42-55)81(70-31-18-29-68-76(70)84-73-34-14-11-26-65(73)79(68,5)6)59-49-47-58(48-50-59)80(69-30-17-28-67-75(69)83-72-33-13-10-25-64(72)78(67,3)4)56-43-39-52(40-44-56)51-35-37-54(38-36-51)61-22-15-20-53-19-7-8-21-60(53)61/h7-50H,1-6H3. The van der Waals surface area contributed by atoms with Gasteiger partial charge in [-0.25, -0.2) is 0 Å². The normalized spacial score (nSPS) is 14.4. The third kappa shape index (κ3) is 8.20. The van der Waals surface area contributed by atoms with Crippen LogP contribution >= 0.6 is 0 Å². The van der Waals surface area contributed by atoms with Crippen molar-refractivity contribution >= 4 is 44.9 Å². The van der Waals surface area contributed by atoms with E-state index < -0.39 is 0 Å². The number of rotatable bonds is 9. The number of nitrogens with zero attached hydrogens (tertiary/aromatic N) is 2. The van der Waals surface area contributed by atoms with Crippen LogP contribution in [0.25, 0.3) is 44.2 Å². The molecule has 12 aromatic rings. The van der Waals surface area contributed by atoms with Crippen LogP contribution in [0.1, 0.15) is 74.9 Å². The first-order valence-electron chi connectivity index (χ1n) is 29.1. The van der Waals surface area contributed by atoms with Crippen molar-refractivity contribution in [3.8, 4) is 67.9 Å². The summed E-state index contributed by atoms with van der Waals surface area (Å²) in [6.45, 7) is 13.8. The number of hydrogen-bond acceptors (Lipinski definition) is 5. The lowest BCUT2D eigenvalue weighted by Gasteiger charge is -2.38. The Morgan fingerprint density at radius 3 is 1.05 bits per heavy atom. The molecule has 0 N–H and O–H groups in total. The fourth-order valence-electron chi connectivity index (χ4n) is 13.5. The zero-order valence-corrected chi connectivity index (χ0v) is 48.0. The van der Waals surface area contributed by atoms with E-state index in [2.05, 4.69) is 318 Å². The summed E-state index contributed by atoms with van der Waals surface area (Å²) in [5.74, 6) is 5.21. The summed E-state index contributed by atoms with van der Waals surface area (Å²) < 4.78 is 20.9. The van der Waals surface area contributed by atoms with E-state index in [0.29, 0.717) is 0 Å². The topological polar surface area (TPSA) is 34.2 Å². The average molecular weight is 1090 g/mol. The second-order valence-corrected chi connectivity index (χ2v) is 24.0. The summed E-state index contributed by atoms with van der Waals surface area (Å²) in [5.41, 5.74) is 18.8. The predicted octanol–water partition coefficient (Wildman–Crippen LogP) is 22.1. The van der Waals surface area contributed by atoms with E-state index in [1.165, 1.54) is 38.6 Å². The second-order valence-electron chi connectivity index (χ2n) is 24.0. The molecule has 5 nitrogen and oxygen atoms in total. The number of hydrogen-bond donors (Lipinski definition) is 0. The molecule has 0 atom stereocenters. The van der Waals surface area contributed by atoms with Crippen molar-refractivity contribution in [1.82, 2.24) is 0 Å². The molecular weight excluding hydrogens is 1020 g/mol. The largest absolute Gasteiger partial charge is 0.456 e. The zero-order valence-electron chi connectivity index (χ0n) is 48.0. The van der Waals surface area contributed by atoms with Gasteiger partial charge in [0.1, 0.15) is 23.0 Å². The molecule has 0 saturated carbocycles. The fraction of sp³-hybridized carbons (Fsp3) is 0.114. The van der Waals surface area contributed by atoms with Gasteiger partial charge in [-0.2, -0.15) is 0 Å². The van der Waals surface area contributed by atoms with Crippen molar-refractivity contribution < 1.29 is 14.2 Å². The molecule has 0 aromatic heterocycles.